The number of rotatable bonds is 7. The molecule has 0 saturated carbocycles. The molecule has 3 amide bonds. The van der Waals surface area contributed by atoms with Gasteiger partial charge in [0, 0.05) is 40.9 Å². The summed E-state index contributed by atoms with van der Waals surface area (Å²) in [5.74, 6) is -0.286. The number of β-amino-alcohol motifs (C(OH)–C–C–N with tert-alkyl or cyclic N) is 1. The molecule has 0 unspecified atom stereocenters. The normalized spacial score (nSPS) is 18.3. The van der Waals surface area contributed by atoms with Crippen molar-refractivity contribution in [3.05, 3.63) is 53.1 Å². The lowest BCUT2D eigenvalue weighted by Gasteiger charge is -2.35. The van der Waals surface area contributed by atoms with Crippen molar-refractivity contribution >= 4 is 64.9 Å². The van der Waals surface area contributed by atoms with Gasteiger partial charge < -0.3 is 20.1 Å². The van der Waals surface area contributed by atoms with E-state index in [0.29, 0.717) is 46.8 Å². The molecule has 34 heavy (non-hydrogen) atoms. The summed E-state index contributed by atoms with van der Waals surface area (Å²) in [6, 6.07) is 12.4. The van der Waals surface area contributed by atoms with E-state index in [1.807, 2.05) is 29.2 Å². The van der Waals surface area contributed by atoms with Crippen molar-refractivity contribution in [2.75, 3.05) is 49.1 Å². The second-order valence-electron chi connectivity index (χ2n) is 8.00. The van der Waals surface area contributed by atoms with Crippen LogP contribution in [0.5, 0.6) is 0 Å². The van der Waals surface area contributed by atoms with Gasteiger partial charge in [0.25, 0.3) is 11.1 Å². The highest BCUT2D eigenvalue weighted by atomic mass is 35.5. The lowest BCUT2D eigenvalue weighted by molar-refractivity contribution is 0.0931. The monoisotopic (exact) mass is 520 g/mol. The summed E-state index contributed by atoms with van der Waals surface area (Å²) in [5.41, 5.74) is 2.02. The van der Waals surface area contributed by atoms with Crippen molar-refractivity contribution in [2.45, 2.75) is 17.4 Å². The van der Waals surface area contributed by atoms with Crippen molar-refractivity contribution in [1.82, 2.24) is 10.2 Å². The van der Waals surface area contributed by atoms with E-state index in [1.54, 1.807) is 28.0 Å². The third-order valence-corrected chi connectivity index (χ3v) is 6.66. The number of benzene rings is 2. The largest absolute Gasteiger partial charge is 0.464 e. The number of aliphatic hydroxyl groups is 1. The number of anilines is 2. The Morgan fingerprint density at radius 3 is 2.59 bits per heavy atom. The Balaban J connectivity index is 1.36. The number of thiol groups is 1. The molecule has 0 aliphatic carbocycles. The molecule has 11 heteroatoms. The molecule has 0 bridgehead atoms. The number of urea groups is 1. The fourth-order valence-electron chi connectivity index (χ4n) is 3.99. The Kier molecular flexibility index (Phi) is 7.82. The third kappa shape index (κ3) is 5.41. The summed E-state index contributed by atoms with van der Waals surface area (Å²) in [5, 5.41) is 12.8. The van der Waals surface area contributed by atoms with Crippen LogP contribution < -0.4 is 15.1 Å². The average Bonchev–Trinajstić information content (AvgIpc) is 3.21. The summed E-state index contributed by atoms with van der Waals surface area (Å²) in [4.78, 5) is 30.9. The number of nitrogens with zero attached hydrogens (tertiary/aromatic N) is 3. The van der Waals surface area contributed by atoms with E-state index in [0.717, 1.165) is 17.8 Å². The van der Waals surface area contributed by atoms with Crippen LogP contribution >= 0.6 is 36.4 Å². The molecule has 2 aromatic carbocycles. The quantitative estimate of drug-likeness (QED) is 0.384. The standard InChI is InChI=1S/C23H25ClN4O4S2/c24-15-2-7-20(33)19(12-15)21(30)25-13-18-14-28(23(34)32-18)17-5-3-16(4-6-17)27-9-1-8-26(10-11-29)22(27)31/h2-7,12,18,29,33H,1,8-11,13-14H2,(H,25,30)/t18-/m0/s1. The third-order valence-electron chi connectivity index (χ3n) is 5.72. The van der Waals surface area contributed by atoms with Gasteiger partial charge in [-0.05, 0) is 61.1 Å². The maximum absolute atomic E-state index is 12.7. The molecule has 2 aliphatic heterocycles. The maximum atomic E-state index is 12.7. The smallest absolute Gasteiger partial charge is 0.324 e. The summed E-state index contributed by atoms with van der Waals surface area (Å²) >= 11 is 15.7. The fourth-order valence-corrected chi connectivity index (χ4v) is 4.72. The molecule has 2 N–H and O–H groups in total. The zero-order valence-corrected chi connectivity index (χ0v) is 20.8. The number of ether oxygens (including phenoxy) is 1. The first-order chi connectivity index (χ1) is 16.4. The SMILES string of the molecule is O=C(NC[C@H]1CN(c2ccc(N3CCCN(CCO)C3=O)cc2)C(=S)O1)c1cc(Cl)ccc1S. The molecular weight excluding hydrogens is 496 g/mol. The summed E-state index contributed by atoms with van der Waals surface area (Å²) < 4.78 is 5.78. The fraction of sp³-hybridized carbons (Fsp3) is 0.348. The van der Waals surface area contributed by atoms with Crippen LogP contribution in [0, 0.1) is 0 Å². The van der Waals surface area contributed by atoms with Crippen molar-refractivity contribution in [2.24, 2.45) is 0 Å². The summed E-state index contributed by atoms with van der Waals surface area (Å²) in [7, 11) is 0. The van der Waals surface area contributed by atoms with E-state index in [1.165, 1.54) is 0 Å². The topological polar surface area (TPSA) is 85.4 Å². The van der Waals surface area contributed by atoms with Crippen LogP contribution in [-0.2, 0) is 4.74 Å². The van der Waals surface area contributed by atoms with Crippen LogP contribution in [-0.4, -0.2) is 72.6 Å². The number of carbonyl (C=O) groups is 2. The first-order valence-corrected chi connectivity index (χ1v) is 12.1. The Labute approximate surface area is 213 Å². The highest BCUT2D eigenvalue weighted by Crippen LogP contribution is 2.27. The zero-order chi connectivity index (χ0) is 24.2. The van der Waals surface area contributed by atoms with Gasteiger partial charge >= 0.3 is 6.03 Å². The van der Waals surface area contributed by atoms with Gasteiger partial charge in [-0.2, -0.15) is 0 Å². The lowest BCUT2D eigenvalue weighted by Crippen LogP contribution is -2.50. The molecule has 4 rings (SSSR count). The summed E-state index contributed by atoms with van der Waals surface area (Å²) in [6.07, 6.45) is 0.531. The van der Waals surface area contributed by atoms with Crippen molar-refractivity contribution in [3.8, 4) is 0 Å². The molecule has 0 radical (unpaired) electrons. The first-order valence-electron chi connectivity index (χ1n) is 10.9. The number of aliphatic hydroxyl groups excluding tert-OH is 1. The highest BCUT2D eigenvalue weighted by molar-refractivity contribution is 7.80. The zero-order valence-electron chi connectivity index (χ0n) is 18.3. The van der Waals surface area contributed by atoms with Crippen LogP contribution in [0.2, 0.25) is 5.02 Å². The molecule has 8 nitrogen and oxygen atoms in total. The highest BCUT2D eigenvalue weighted by Gasteiger charge is 2.31. The van der Waals surface area contributed by atoms with Crippen LogP contribution in [0.15, 0.2) is 47.4 Å². The Morgan fingerprint density at radius 1 is 1.18 bits per heavy atom. The molecule has 2 fully saturated rings. The number of halogens is 1. The maximum Gasteiger partial charge on any atom is 0.324 e. The molecular formula is C23H25ClN4O4S2. The Bertz CT molecular complexity index is 1080. The van der Waals surface area contributed by atoms with Crippen molar-refractivity contribution in [1.29, 1.82) is 0 Å². The van der Waals surface area contributed by atoms with Crippen LogP contribution in [0.4, 0.5) is 16.2 Å². The molecule has 2 aliphatic rings. The molecule has 0 spiro atoms. The second-order valence-corrected chi connectivity index (χ2v) is 9.27. The van der Waals surface area contributed by atoms with Crippen molar-refractivity contribution < 1.29 is 19.4 Å². The number of nitrogens with one attached hydrogen (secondary N) is 1. The summed E-state index contributed by atoms with van der Waals surface area (Å²) in [6.45, 7) is 2.31. The molecule has 180 valence electrons. The molecule has 2 heterocycles. The number of carbonyl (C=O) groups excluding carboxylic acids is 2. The lowest BCUT2D eigenvalue weighted by atomic mass is 10.2. The van der Waals surface area contributed by atoms with Crippen molar-refractivity contribution in [3.63, 3.8) is 0 Å². The van der Waals surface area contributed by atoms with E-state index in [-0.39, 0.29) is 31.2 Å². The molecule has 2 aromatic rings. The van der Waals surface area contributed by atoms with Gasteiger partial charge in [-0.25, -0.2) is 4.79 Å². The molecule has 0 aromatic heterocycles. The number of hydrogen-bond donors (Lipinski definition) is 3. The predicted octanol–water partition coefficient (Wildman–Crippen LogP) is 3.17. The van der Waals surface area contributed by atoms with E-state index >= 15 is 0 Å². The Hall–Kier alpha value is -2.53. The van der Waals surface area contributed by atoms with Gasteiger partial charge in [0.15, 0.2) is 0 Å². The number of amides is 3. The predicted molar refractivity (Wildman–Crippen MR) is 138 cm³/mol. The van der Waals surface area contributed by atoms with Crippen LogP contribution in [0.3, 0.4) is 0 Å². The van der Waals surface area contributed by atoms with E-state index in [2.05, 4.69) is 17.9 Å². The van der Waals surface area contributed by atoms with Gasteiger partial charge in [0.2, 0.25) is 0 Å². The Morgan fingerprint density at radius 2 is 1.88 bits per heavy atom. The van der Waals surface area contributed by atoms with E-state index in [9.17, 15) is 14.7 Å². The van der Waals surface area contributed by atoms with Gasteiger partial charge in [-0.1, -0.05) is 11.6 Å². The van der Waals surface area contributed by atoms with Gasteiger partial charge in [-0.15, -0.1) is 12.6 Å². The minimum absolute atomic E-state index is 0.0541. The minimum atomic E-state index is -0.311. The molecule has 2 saturated heterocycles. The van der Waals surface area contributed by atoms with Crippen LogP contribution in [0.1, 0.15) is 16.8 Å². The van der Waals surface area contributed by atoms with Gasteiger partial charge in [0.05, 0.1) is 25.3 Å². The first kappa shape index (κ1) is 24.6. The van der Waals surface area contributed by atoms with Crippen LogP contribution in [0.25, 0.3) is 0 Å². The molecule has 1 atom stereocenters. The van der Waals surface area contributed by atoms with Gasteiger partial charge in [-0.3, -0.25) is 14.6 Å². The van der Waals surface area contributed by atoms with Gasteiger partial charge in [0.1, 0.15) is 6.10 Å². The number of hydrogen-bond acceptors (Lipinski definition) is 6. The van der Waals surface area contributed by atoms with E-state index in [4.69, 9.17) is 28.6 Å². The second kappa shape index (κ2) is 10.8. The minimum Gasteiger partial charge on any atom is -0.464 e. The van der Waals surface area contributed by atoms with E-state index < -0.39 is 0 Å². The average molecular weight is 521 g/mol. The number of thiocarbonyl (C=S) groups is 1.